The van der Waals surface area contributed by atoms with Gasteiger partial charge >= 0.3 is 0 Å². The Morgan fingerprint density at radius 3 is 2.26 bits per heavy atom. The van der Waals surface area contributed by atoms with E-state index in [0.29, 0.717) is 13.1 Å². The van der Waals surface area contributed by atoms with Crippen molar-refractivity contribution in [3.05, 3.63) is 111 Å². The second kappa shape index (κ2) is 11.6. The minimum atomic E-state index is -0.717. The molecular formula is C27H26N2O3S2. The fourth-order valence-corrected chi connectivity index (χ4v) is 5.20. The molecule has 2 aromatic heterocycles. The van der Waals surface area contributed by atoms with E-state index in [2.05, 4.69) is 5.32 Å². The first-order chi connectivity index (χ1) is 16.6. The van der Waals surface area contributed by atoms with Crippen molar-refractivity contribution in [2.75, 3.05) is 7.11 Å². The van der Waals surface area contributed by atoms with Crippen LogP contribution in [-0.2, 0) is 29.1 Å². The number of hydrogen-bond donors (Lipinski definition) is 1. The second-order valence-corrected chi connectivity index (χ2v) is 9.76. The molecule has 0 aliphatic heterocycles. The maximum atomic E-state index is 13.6. The highest BCUT2D eigenvalue weighted by molar-refractivity contribution is 7.10. The number of nitrogens with zero attached hydrogens (tertiary/aromatic N) is 1. The number of methoxy groups -OCH3 is 1. The number of benzene rings is 2. The zero-order chi connectivity index (χ0) is 23.8. The molecule has 0 radical (unpaired) electrons. The van der Waals surface area contributed by atoms with E-state index < -0.39 is 6.04 Å². The highest BCUT2D eigenvalue weighted by atomic mass is 32.1. The van der Waals surface area contributed by atoms with Crippen molar-refractivity contribution in [2.45, 2.75) is 25.6 Å². The number of carbonyl (C=O) groups is 2. The number of nitrogens with one attached hydrogen (secondary N) is 1. The number of thiophene rings is 2. The van der Waals surface area contributed by atoms with Crippen molar-refractivity contribution in [3.8, 4) is 5.75 Å². The first kappa shape index (κ1) is 23.7. The zero-order valence-corrected chi connectivity index (χ0v) is 20.5. The van der Waals surface area contributed by atoms with Gasteiger partial charge in [0.2, 0.25) is 11.8 Å². The second-order valence-electron chi connectivity index (χ2n) is 7.75. The Labute approximate surface area is 207 Å². The number of amides is 2. The number of hydrogen-bond acceptors (Lipinski definition) is 5. The predicted octanol–water partition coefficient (Wildman–Crippen LogP) is 5.45. The Bertz CT molecular complexity index is 1170. The SMILES string of the molecule is COc1ccc(CNC(=O)C(c2cccs2)N(Cc2ccccc2)C(=O)Cc2cccs2)cc1. The molecule has 0 saturated carbocycles. The Balaban J connectivity index is 1.59. The van der Waals surface area contributed by atoms with Crippen molar-refractivity contribution in [1.29, 1.82) is 0 Å². The number of carbonyl (C=O) groups excluding carboxylic acids is 2. The average Bonchev–Trinajstić information content (AvgIpc) is 3.58. The van der Waals surface area contributed by atoms with Crippen LogP contribution in [0.15, 0.2) is 89.6 Å². The summed E-state index contributed by atoms with van der Waals surface area (Å²) in [5, 5.41) is 6.94. The molecule has 0 spiro atoms. The lowest BCUT2D eigenvalue weighted by molar-refractivity contribution is -0.141. The van der Waals surface area contributed by atoms with Gasteiger partial charge in [-0.25, -0.2) is 0 Å². The van der Waals surface area contributed by atoms with Gasteiger partial charge in [-0.3, -0.25) is 9.59 Å². The van der Waals surface area contributed by atoms with Crippen LogP contribution in [0.2, 0.25) is 0 Å². The van der Waals surface area contributed by atoms with Gasteiger partial charge in [-0.1, -0.05) is 54.6 Å². The minimum absolute atomic E-state index is 0.0794. The fourth-order valence-electron chi connectivity index (χ4n) is 3.67. The Hall–Kier alpha value is -3.42. The summed E-state index contributed by atoms with van der Waals surface area (Å²) in [6.07, 6.45) is 0.262. The van der Waals surface area contributed by atoms with Gasteiger partial charge < -0.3 is 15.0 Å². The van der Waals surface area contributed by atoms with E-state index in [9.17, 15) is 9.59 Å². The van der Waals surface area contributed by atoms with Gasteiger partial charge in [0.25, 0.3) is 0 Å². The molecule has 2 aromatic carbocycles. The molecule has 2 amide bonds. The first-order valence-corrected chi connectivity index (χ1v) is 12.7. The lowest BCUT2D eigenvalue weighted by atomic mass is 10.1. The Morgan fingerprint density at radius 1 is 0.882 bits per heavy atom. The maximum Gasteiger partial charge on any atom is 0.248 e. The summed E-state index contributed by atoms with van der Waals surface area (Å²) in [6.45, 7) is 0.715. The standard InChI is InChI=1S/C27H26N2O3S2/c1-32-22-13-11-20(12-14-22)18-28-27(31)26(24-10-6-16-34-24)29(19-21-7-3-2-4-8-21)25(30)17-23-9-5-15-33-23/h2-16,26H,17-19H2,1H3,(H,28,31). The molecule has 2 heterocycles. The van der Waals surface area contributed by atoms with Crippen molar-refractivity contribution in [1.82, 2.24) is 10.2 Å². The molecule has 0 bridgehead atoms. The van der Waals surface area contributed by atoms with Crippen LogP contribution in [0.5, 0.6) is 5.75 Å². The predicted molar refractivity (Wildman–Crippen MR) is 137 cm³/mol. The fraction of sp³-hybridized carbons (Fsp3) is 0.185. The molecule has 0 fully saturated rings. The van der Waals surface area contributed by atoms with E-state index >= 15 is 0 Å². The van der Waals surface area contributed by atoms with Gasteiger partial charge in [-0.05, 0) is 46.2 Å². The van der Waals surface area contributed by atoms with Gasteiger partial charge in [-0.15, -0.1) is 22.7 Å². The smallest absolute Gasteiger partial charge is 0.248 e. The van der Waals surface area contributed by atoms with Gasteiger partial charge in [0.1, 0.15) is 11.8 Å². The molecule has 5 nitrogen and oxygen atoms in total. The summed E-state index contributed by atoms with van der Waals surface area (Å²) in [7, 11) is 1.62. The molecule has 0 saturated heterocycles. The molecule has 1 unspecified atom stereocenters. The van der Waals surface area contributed by atoms with Crippen molar-refractivity contribution < 1.29 is 14.3 Å². The summed E-state index contributed by atoms with van der Waals surface area (Å²) >= 11 is 3.03. The van der Waals surface area contributed by atoms with Crippen LogP contribution >= 0.6 is 22.7 Å². The quantitative estimate of drug-likeness (QED) is 0.322. The summed E-state index contributed by atoms with van der Waals surface area (Å²) in [5.41, 5.74) is 1.94. The summed E-state index contributed by atoms with van der Waals surface area (Å²) in [6, 6.07) is 24.4. The molecule has 4 aromatic rings. The maximum absolute atomic E-state index is 13.6. The van der Waals surface area contributed by atoms with Crippen LogP contribution in [0.1, 0.15) is 26.9 Å². The highest BCUT2D eigenvalue weighted by Crippen LogP contribution is 2.29. The molecule has 34 heavy (non-hydrogen) atoms. The van der Waals surface area contributed by atoms with Gasteiger partial charge in [0.15, 0.2) is 0 Å². The van der Waals surface area contributed by atoms with E-state index in [1.165, 1.54) is 11.3 Å². The lowest BCUT2D eigenvalue weighted by Crippen LogP contribution is -2.43. The minimum Gasteiger partial charge on any atom is -0.497 e. The lowest BCUT2D eigenvalue weighted by Gasteiger charge is -2.30. The van der Waals surface area contributed by atoms with Crippen LogP contribution < -0.4 is 10.1 Å². The molecule has 174 valence electrons. The Kier molecular flexibility index (Phi) is 8.12. The average molecular weight is 491 g/mol. The molecule has 7 heteroatoms. The van der Waals surface area contributed by atoms with Crippen LogP contribution in [0.4, 0.5) is 0 Å². The largest absolute Gasteiger partial charge is 0.497 e. The monoisotopic (exact) mass is 490 g/mol. The van der Waals surface area contributed by atoms with Gasteiger partial charge in [0.05, 0.1) is 13.5 Å². The summed E-state index contributed by atoms with van der Waals surface area (Å²) in [5.74, 6) is 0.484. The van der Waals surface area contributed by atoms with E-state index in [1.54, 1.807) is 23.3 Å². The molecule has 4 rings (SSSR count). The first-order valence-electron chi connectivity index (χ1n) is 10.9. The Morgan fingerprint density at radius 2 is 1.62 bits per heavy atom. The van der Waals surface area contributed by atoms with Crippen LogP contribution in [0.3, 0.4) is 0 Å². The third-order valence-electron chi connectivity index (χ3n) is 5.42. The molecule has 0 aliphatic carbocycles. The normalized spacial score (nSPS) is 11.6. The molecule has 0 aliphatic rings. The van der Waals surface area contributed by atoms with Gasteiger partial charge in [-0.2, -0.15) is 0 Å². The van der Waals surface area contributed by atoms with Gasteiger partial charge in [0, 0.05) is 22.8 Å². The molecule has 1 atom stereocenters. The van der Waals surface area contributed by atoms with E-state index in [1.807, 2.05) is 89.6 Å². The van der Waals surface area contributed by atoms with E-state index in [4.69, 9.17) is 4.74 Å². The van der Waals surface area contributed by atoms with Crippen LogP contribution in [0.25, 0.3) is 0 Å². The van der Waals surface area contributed by atoms with E-state index in [0.717, 1.165) is 26.6 Å². The van der Waals surface area contributed by atoms with Crippen molar-refractivity contribution in [3.63, 3.8) is 0 Å². The molecule has 1 N–H and O–H groups in total. The van der Waals surface area contributed by atoms with Crippen molar-refractivity contribution in [2.24, 2.45) is 0 Å². The van der Waals surface area contributed by atoms with Crippen LogP contribution in [-0.4, -0.2) is 23.8 Å². The zero-order valence-electron chi connectivity index (χ0n) is 18.8. The third kappa shape index (κ3) is 6.12. The number of ether oxygens (including phenoxy) is 1. The number of rotatable bonds is 10. The van der Waals surface area contributed by atoms with E-state index in [-0.39, 0.29) is 18.2 Å². The van der Waals surface area contributed by atoms with Crippen molar-refractivity contribution >= 4 is 34.5 Å². The third-order valence-corrected chi connectivity index (χ3v) is 7.22. The van der Waals surface area contributed by atoms with Crippen LogP contribution in [0, 0.1) is 0 Å². The topological polar surface area (TPSA) is 58.6 Å². The molecular weight excluding hydrogens is 464 g/mol. The highest BCUT2D eigenvalue weighted by Gasteiger charge is 2.32. The summed E-state index contributed by atoms with van der Waals surface area (Å²) in [4.78, 5) is 30.6. The summed E-state index contributed by atoms with van der Waals surface area (Å²) < 4.78 is 5.21.